The van der Waals surface area contributed by atoms with E-state index in [0.29, 0.717) is 0 Å². The van der Waals surface area contributed by atoms with Gasteiger partial charge in [0.2, 0.25) is 0 Å². The van der Waals surface area contributed by atoms with Crippen LogP contribution in [0.15, 0.2) is 256 Å². The zero-order chi connectivity index (χ0) is 47.4. The number of benzene rings is 12. The van der Waals surface area contributed by atoms with E-state index in [1.807, 2.05) is 12.2 Å². The minimum atomic E-state index is 0.883. The Morgan fingerprint density at radius 2 is 0.746 bits per heavy atom. The average molecular weight is 903 g/mol. The fraction of sp³-hybridized carbons (Fsp3) is 0. The third-order valence-electron chi connectivity index (χ3n) is 14.3. The highest BCUT2D eigenvalue weighted by Gasteiger charge is 2.20. The smallest absolute Gasteiger partial charge is 0.145 e. The van der Waals surface area contributed by atoms with Gasteiger partial charge in [-0.1, -0.05) is 219 Å². The van der Waals surface area contributed by atoms with Gasteiger partial charge in [0.1, 0.15) is 5.82 Å². The van der Waals surface area contributed by atoms with Crippen LogP contribution in [0.2, 0.25) is 0 Å². The van der Waals surface area contributed by atoms with Crippen molar-refractivity contribution < 1.29 is 0 Å². The highest BCUT2D eigenvalue weighted by molar-refractivity contribution is 6.22. The first-order valence-corrected chi connectivity index (χ1v) is 24.2. The van der Waals surface area contributed by atoms with Gasteiger partial charge in [-0.2, -0.15) is 0 Å². The van der Waals surface area contributed by atoms with Crippen LogP contribution in [0.5, 0.6) is 0 Å². The van der Waals surface area contributed by atoms with E-state index < -0.39 is 0 Å². The first-order chi connectivity index (χ1) is 35.1. The molecule has 0 bridgehead atoms. The predicted molar refractivity (Wildman–Crippen MR) is 304 cm³/mol. The summed E-state index contributed by atoms with van der Waals surface area (Å²) in [5, 5.41) is 9.86. The molecule has 0 fully saturated rings. The van der Waals surface area contributed by atoms with E-state index in [4.69, 9.17) is 4.98 Å². The van der Waals surface area contributed by atoms with Gasteiger partial charge in [0.15, 0.2) is 0 Å². The molecule has 12 aromatic carbocycles. The first-order valence-electron chi connectivity index (χ1n) is 24.2. The quantitative estimate of drug-likeness (QED) is 0.132. The Labute approximate surface area is 413 Å². The molecule has 0 unspecified atom stereocenters. The Hall–Kier alpha value is -9.37. The fourth-order valence-electron chi connectivity index (χ4n) is 10.7. The molecule has 0 spiro atoms. The molecule has 0 saturated heterocycles. The average Bonchev–Trinajstić information content (AvgIpc) is 3.84. The zero-order valence-electron chi connectivity index (χ0n) is 39.1. The van der Waals surface area contributed by atoms with Crippen molar-refractivity contribution in [3.63, 3.8) is 0 Å². The van der Waals surface area contributed by atoms with Crippen LogP contribution in [0.25, 0.3) is 139 Å². The molecule has 0 aliphatic heterocycles. The van der Waals surface area contributed by atoms with Gasteiger partial charge in [0.05, 0.1) is 11.0 Å². The lowest BCUT2D eigenvalue weighted by atomic mass is 9.84. The molecule has 0 N–H and O–H groups in total. The van der Waals surface area contributed by atoms with E-state index >= 15 is 0 Å². The molecule has 71 heavy (non-hydrogen) atoms. The van der Waals surface area contributed by atoms with Crippen molar-refractivity contribution in [3.05, 3.63) is 267 Å². The monoisotopic (exact) mass is 902 g/mol. The Morgan fingerprint density at radius 3 is 1.32 bits per heavy atom. The normalized spacial score (nSPS) is 11.5. The summed E-state index contributed by atoms with van der Waals surface area (Å²) in [5.41, 5.74) is 17.9. The predicted octanol–water partition coefficient (Wildman–Crippen LogP) is 18.9. The number of nitrogens with zero attached hydrogens (tertiary/aromatic N) is 2. The molecule has 2 nitrogen and oxygen atoms in total. The molecule has 13 rings (SSSR count). The second-order valence-electron chi connectivity index (χ2n) is 18.4. The summed E-state index contributed by atoms with van der Waals surface area (Å²) in [4.78, 5) is 5.35. The van der Waals surface area contributed by atoms with Gasteiger partial charge in [-0.25, -0.2) is 4.98 Å². The largest absolute Gasteiger partial charge is 0.292 e. The van der Waals surface area contributed by atoms with E-state index in [1.165, 1.54) is 65.3 Å². The molecule has 2 heteroatoms. The second-order valence-corrected chi connectivity index (χ2v) is 18.4. The Kier molecular flexibility index (Phi) is 10.2. The number of hydrogen-bond donors (Lipinski definition) is 0. The summed E-state index contributed by atoms with van der Waals surface area (Å²) in [5.74, 6) is 0.883. The molecule has 0 aliphatic carbocycles. The molecule has 332 valence electrons. The molecule has 0 amide bonds. The summed E-state index contributed by atoms with van der Waals surface area (Å²) in [6.45, 7) is 7.98. The molecule has 0 saturated carbocycles. The Bertz CT molecular complexity index is 4160. The Balaban J connectivity index is 0.975. The van der Waals surface area contributed by atoms with E-state index in [1.54, 1.807) is 0 Å². The minimum absolute atomic E-state index is 0.883. The van der Waals surface area contributed by atoms with Crippen molar-refractivity contribution >= 4 is 66.3 Å². The van der Waals surface area contributed by atoms with Gasteiger partial charge in [0, 0.05) is 11.3 Å². The summed E-state index contributed by atoms with van der Waals surface area (Å²) in [6.07, 6.45) is 3.77. The molecule has 0 atom stereocenters. The van der Waals surface area contributed by atoms with Crippen LogP contribution in [0.1, 0.15) is 11.1 Å². The number of fused-ring (bicyclic) bond motifs is 5. The van der Waals surface area contributed by atoms with E-state index in [9.17, 15) is 0 Å². The van der Waals surface area contributed by atoms with Gasteiger partial charge >= 0.3 is 0 Å². The SMILES string of the molecule is C=Cc1ccc(-c2cc(-c3ccc(C=C)cc3)cc(-n3c(-c4ccc(-c5ccc6c(-c7ccc8ccccc8c7)c7ccccc7c(-c7ccc8ccccc8c7)c6c5)cc4)nc4ccccc43)c2)cc1. The molecule has 13 aromatic rings. The van der Waals surface area contributed by atoms with Crippen LogP contribution in [0, 0.1) is 0 Å². The summed E-state index contributed by atoms with van der Waals surface area (Å²) in [7, 11) is 0. The van der Waals surface area contributed by atoms with Crippen molar-refractivity contribution in [3.8, 4) is 72.7 Å². The zero-order valence-corrected chi connectivity index (χ0v) is 39.1. The standard InChI is InChI=1S/C69H46N2/c1-3-45-21-25-50(26-22-45)58-41-59(51-27-23-46(4-2)24-28-51)43-60(42-58)71-66-20-12-11-19-65(66)70-69(71)52-33-29-49(30-34-52)55-37-38-63-64(44-55)68(57-36-32-48-14-6-8-16-54(48)40-57)62-18-10-9-17-61(62)67(63)56-35-31-47-13-5-7-15-53(47)39-56/h3-44H,1-2H2. The fourth-order valence-corrected chi connectivity index (χ4v) is 10.7. The number of hydrogen-bond acceptors (Lipinski definition) is 1. The third-order valence-corrected chi connectivity index (χ3v) is 14.3. The highest BCUT2D eigenvalue weighted by Crippen LogP contribution is 2.46. The van der Waals surface area contributed by atoms with E-state index in [0.717, 1.165) is 72.6 Å². The van der Waals surface area contributed by atoms with Crippen molar-refractivity contribution in [2.75, 3.05) is 0 Å². The van der Waals surface area contributed by atoms with Crippen LogP contribution in [0.3, 0.4) is 0 Å². The van der Waals surface area contributed by atoms with Crippen molar-refractivity contribution in [2.45, 2.75) is 0 Å². The Morgan fingerprint density at radius 1 is 0.310 bits per heavy atom. The molecular formula is C69H46N2. The molecule has 0 aliphatic rings. The van der Waals surface area contributed by atoms with Gasteiger partial charge in [-0.3, -0.25) is 4.57 Å². The van der Waals surface area contributed by atoms with Gasteiger partial charge in [0.25, 0.3) is 0 Å². The van der Waals surface area contributed by atoms with Gasteiger partial charge in [-0.05, 0) is 158 Å². The van der Waals surface area contributed by atoms with Crippen molar-refractivity contribution in [1.82, 2.24) is 9.55 Å². The lowest BCUT2D eigenvalue weighted by molar-refractivity contribution is 1.10. The molecule has 1 heterocycles. The highest BCUT2D eigenvalue weighted by atomic mass is 15.1. The lowest BCUT2D eigenvalue weighted by Gasteiger charge is -2.19. The second kappa shape index (κ2) is 17.3. The lowest BCUT2D eigenvalue weighted by Crippen LogP contribution is -1.99. The van der Waals surface area contributed by atoms with Gasteiger partial charge < -0.3 is 0 Å². The number of imidazole rings is 1. The maximum atomic E-state index is 5.35. The van der Waals surface area contributed by atoms with Crippen LogP contribution in [0.4, 0.5) is 0 Å². The van der Waals surface area contributed by atoms with Crippen LogP contribution in [-0.2, 0) is 0 Å². The van der Waals surface area contributed by atoms with E-state index in [2.05, 4.69) is 260 Å². The maximum Gasteiger partial charge on any atom is 0.145 e. The summed E-state index contributed by atoms with van der Waals surface area (Å²) >= 11 is 0. The summed E-state index contributed by atoms with van der Waals surface area (Å²) in [6, 6.07) is 88.6. The van der Waals surface area contributed by atoms with E-state index in [-0.39, 0.29) is 0 Å². The molecule has 0 radical (unpaired) electrons. The third kappa shape index (κ3) is 7.42. The summed E-state index contributed by atoms with van der Waals surface area (Å²) < 4.78 is 2.32. The van der Waals surface area contributed by atoms with Crippen LogP contribution >= 0.6 is 0 Å². The minimum Gasteiger partial charge on any atom is -0.292 e. The van der Waals surface area contributed by atoms with Crippen LogP contribution in [-0.4, -0.2) is 9.55 Å². The molecule has 1 aromatic heterocycles. The number of aromatic nitrogens is 2. The topological polar surface area (TPSA) is 17.8 Å². The first kappa shape index (κ1) is 41.8. The molecular weight excluding hydrogens is 857 g/mol. The van der Waals surface area contributed by atoms with Crippen LogP contribution < -0.4 is 0 Å². The number of rotatable bonds is 9. The maximum absolute atomic E-state index is 5.35. The van der Waals surface area contributed by atoms with Gasteiger partial charge in [-0.15, -0.1) is 0 Å². The number of para-hydroxylation sites is 2. The van der Waals surface area contributed by atoms with Crippen molar-refractivity contribution in [2.24, 2.45) is 0 Å². The van der Waals surface area contributed by atoms with Crippen molar-refractivity contribution in [1.29, 1.82) is 0 Å².